The summed E-state index contributed by atoms with van der Waals surface area (Å²) in [6.07, 6.45) is 1.49. The van der Waals surface area contributed by atoms with E-state index >= 15 is 0 Å². The summed E-state index contributed by atoms with van der Waals surface area (Å²) in [6.45, 7) is 0. The molecule has 0 N–H and O–H groups in total. The number of nitrogens with zero attached hydrogens (tertiary/aromatic N) is 5. The molecule has 0 radical (unpaired) electrons. The topological polar surface area (TPSA) is 76.5 Å². The van der Waals surface area contributed by atoms with E-state index in [1.54, 1.807) is 31.3 Å². The fourth-order valence-corrected chi connectivity index (χ4v) is 2.12. The van der Waals surface area contributed by atoms with E-state index in [0.717, 1.165) is 0 Å². The number of pyridine rings is 2. The maximum Gasteiger partial charge on any atom is 0.334 e. The predicted molar refractivity (Wildman–Crippen MR) is 73.8 cm³/mol. The van der Waals surface area contributed by atoms with Gasteiger partial charge in [-0.1, -0.05) is 11.6 Å². The molecule has 0 aliphatic carbocycles. The van der Waals surface area contributed by atoms with E-state index in [2.05, 4.69) is 9.97 Å². The first-order valence-electron chi connectivity index (χ1n) is 5.72. The van der Waals surface area contributed by atoms with Gasteiger partial charge >= 0.3 is 5.69 Å². The second-order valence-electron chi connectivity index (χ2n) is 4.17. The lowest BCUT2D eigenvalue weighted by Gasteiger charge is -2.01. The Morgan fingerprint density at radius 2 is 2.10 bits per heavy atom. The van der Waals surface area contributed by atoms with Crippen LogP contribution in [0.2, 0.25) is 5.15 Å². The van der Waals surface area contributed by atoms with Crippen molar-refractivity contribution in [1.82, 2.24) is 19.1 Å². The third-order valence-corrected chi connectivity index (χ3v) is 3.21. The highest BCUT2D eigenvalue weighted by molar-refractivity contribution is 6.29. The van der Waals surface area contributed by atoms with Gasteiger partial charge in [-0.15, -0.1) is 0 Å². The first-order chi connectivity index (χ1) is 9.61. The number of halogens is 1. The van der Waals surface area contributed by atoms with Crippen LogP contribution in [0.1, 0.15) is 5.69 Å². The van der Waals surface area contributed by atoms with Gasteiger partial charge in [0, 0.05) is 7.05 Å². The van der Waals surface area contributed by atoms with Crippen molar-refractivity contribution in [2.45, 2.75) is 0 Å². The maximum absolute atomic E-state index is 12.3. The Hall–Kier alpha value is -2.65. The summed E-state index contributed by atoms with van der Waals surface area (Å²) in [7, 11) is 1.65. The zero-order valence-corrected chi connectivity index (χ0v) is 11.2. The molecule has 3 aromatic rings. The Kier molecular flexibility index (Phi) is 2.77. The minimum atomic E-state index is -0.258. The minimum absolute atomic E-state index is 0.249. The molecule has 0 amide bonds. The van der Waals surface area contributed by atoms with E-state index in [1.807, 2.05) is 6.07 Å². The van der Waals surface area contributed by atoms with Crippen LogP contribution in [0.15, 0.2) is 35.3 Å². The van der Waals surface area contributed by atoms with Crippen LogP contribution >= 0.6 is 11.6 Å². The third-order valence-electron chi connectivity index (χ3n) is 2.99. The molecular formula is C13H8ClN5O. The van der Waals surface area contributed by atoms with Crippen LogP contribution in [0.4, 0.5) is 0 Å². The Labute approximate surface area is 118 Å². The zero-order valence-electron chi connectivity index (χ0n) is 10.4. The van der Waals surface area contributed by atoms with Gasteiger partial charge in [0.2, 0.25) is 0 Å². The monoisotopic (exact) mass is 285 g/mol. The lowest BCUT2D eigenvalue weighted by Crippen LogP contribution is -2.21. The molecular weight excluding hydrogens is 278 g/mol. The maximum atomic E-state index is 12.3. The van der Waals surface area contributed by atoms with Crippen LogP contribution in [0.25, 0.3) is 16.9 Å². The molecule has 7 heteroatoms. The lowest BCUT2D eigenvalue weighted by molar-refractivity contribution is 0.842. The molecule has 20 heavy (non-hydrogen) atoms. The SMILES string of the molecule is Cn1c(=O)n(-c2ccc(Cl)nc2)c2nc(C#N)ccc21. The Morgan fingerprint density at radius 1 is 1.30 bits per heavy atom. The number of aryl methyl sites for hydroxylation is 1. The molecule has 0 aliphatic heterocycles. The predicted octanol–water partition coefficient (Wildman–Crippen LogP) is 1.64. The standard InChI is InChI=1S/C13H8ClN5O/c1-18-10-4-2-8(6-15)17-12(10)19(13(18)20)9-3-5-11(14)16-7-9/h2-5,7H,1H3. The molecule has 6 nitrogen and oxygen atoms in total. The van der Waals surface area contributed by atoms with E-state index in [9.17, 15) is 4.79 Å². The van der Waals surface area contributed by atoms with Gasteiger partial charge in [0.15, 0.2) is 5.65 Å². The highest BCUT2D eigenvalue weighted by atomic mass is 35.5. The van der Waals surface area contributed by atoms with E-state index < -0.39 is 0 Å². The molecule has 0 spiro atoms. The molecule has 3 heterocycles. The van der Waals surface area contributed by atoms with Crippen LogP contribution in [-0.4, -0.2) is 19.1 Å². The van der Waals surface area contributed by atoms with Crippen LogP contribution in [0, 0.1) is 11.3 Å². The zero-order chi connectivity index (χ0) is 14.3. The number of nitriles is 1. The average molecular weight is 286 g/mol. The highest BCUT2D eigenvalue weighted by Gasteiger charge is 2.14. The van der Waals surface area contributed by atoms with E-state index in [1.165, 1.54) is 15.3 Å². The first-order valence-corrected chi connectivity index (χ1v) is 6.10. The van der Waals surface area contributed by atoms with E-state index in [4.69, 9.17) is 16.9 Å². The van der Waals surface area contributed by atoms with Crippen LogP contribution in [0.3, 0.4) is 0 Å². The fraction of sp³-hybridized carbons (Fsp3) is 0.0769. The van der Waals surface area contributed by atoms with Crippen molar-refractivity contribution in [2.75, 3.05) is 0 Å². The normalized spacial score (nSPS) is 10.7. The summed E-state index contributed by atoms with van der Waals surface area (Å²) in [6, 6.07) is 8.51. The smallest absolute Gasteiger partial charge is 0.293 e. The second-order valence-corrected chi connectivity index (χ2v) is 4.55. The fourth-order valence-electron chi connectivity index (χ4n) is 2.01. The number of hydrogen-bond donors (Lipinski definition) is 0. The summed E-state index contributed by atoms with van der Waals surface area (Å²) in [5.74, 6) is 0. The number of imidazole rings is 1. The average Bonchev–Trinajstić information content (AvgIpc) is 2.72. The quantitative estimate of drug-likeness (QED) is 0.637. The Morgan fingerprint density at radius 3 is 2.75 bits per heavy atom. The highest BCUT2D eigenvalue weighted by Crippen LogP contribution is 2.16. The number of fused-ring (bicyclic) bond motifs is 1. The van der Waals surface area contributed by atoms with Crippen molar-refractivity contribution in [3.05, 3.63) is 51.8 Å². The van der Waals surface area contributed by atoms with Crippen molar-refractivity contribution in [3.8, 4) is 11.8 Å². The molecule has 98 valence electrons. The van der Waals surface area contributed by atoms with Gasteiger partial charge in [0.05, 0.1) is 17.4 Å². The molecule has 0 aliphatic rings. The van der Waals surface area contributed by atoms with Crippen LogP contribution in [-0.2, 0) is 7.05 Å². The summed E-state index contributed by atoms with van der Waals surface area (Å²) >= 11 is 5.75. The van der Waals surface area contributed by atoms with E-state index in [0.29, 0.717) is 22.0 Å². The van der Waals surface area contributed by atoms with Gasteiger partial charge < -0.3 is 0 Å². The van der Waals surface area contributed by atoms with Gasteiger partial charge in [-0.05, 0) is 24.3 Å². The summed E-state index contributed by atoms with van der Waals surface area (Å²) in [4.78, 5) is 20.5. The van der Waals surface area contributed by atoms with Gasteiger partial charge in [-0.25, -0.2) is 19.3 Å². The first kappa shape index (κ1) is 12.4. The number of hydrogen-bond acceptors (Lipinski definition) is 4. The van der Waals surface area contributed by atoms with Crippen molar-refractivity contribution in [2.24, 2.45) is 7.05 Å². The molecule has 0 saturated carbocycles. The molecule has 0 fully saturated rings. The van der Waals surface area contributed by atoms with Gasteiger partial charge in [0.1, 0.15) is 16.9 Å². The number of aromatic nitrogens is 4. The summed E-state index contributed by atoms with van der Waals surface area (Å²) in [5, 5.41) is 9.28. The molecule has 0 atom stereocenters. The molecule has 3 rings (SSSR count). The molecule has 0 saturated heterocycles. The largest absolute Gasteiger partial charge is 0.334 e. The Balaban J connectivity index is 2.40. The molecule has 0 unspecified atom stereocenters. The van der Waals surface area contributed by atoms with E-state index in [-0.39, 0.29) is 11.4 Å². The van der Waals surface area contributed by atoms with Gasteiger partial charge in [-0.3, -0.25) is 4.57 Å². The molecule has 3 aromatic heterocycles. The Bertz CT molecular complexity index is 901. The second kappa shape index (κ2) is 4.47. The summed E-state index contributed by atoms with van der Waals surface area (Å²) < 4.78 is 2.87. The molecule has 0 aromatic carbocycles. The third kappa shape index (κ3) is 1.76. The van der Waals surface area contributed by atoms with Crippen molar-refractivity contribution >= 4 is 22.8 Å². The van der Waals surface area contributed by atoms with Crippen LogP contribution in [0.5, 0.6) is 0 Å². The summed E-state index contributed by atoms with van der Waals surface area (Å²) in [5.41, 5.74) is 1.60. The lowest BCUT2D eigenvalue weighted by atomic mass is 10.3. The van der Waals surface area contributed by atoms with Crippen LogP contribution < -0.4 is 5.69 Å². The van der Waals surface area contributed by atoms with Crippen molar-refractivity contribution in [1.29, 1.82) is 5.26 Å². The molecule has 0 bridgehead atoms. The number of rotatable bonds is 1. The van der Waals surface area contributed by atoms with Gasteiger partial charge in [0.25, 0.3) is 0 Å². The minimum Gasteiger partial charge on any atom is -0.293 e. The van der Waals surface area contributed by atoms with Crippen molar-refractivity contribution in [3.63, 3.8) is 0 Å². The van der Waals surface area contributed by atoms with Gasteiger partial charge in [-0.2, -0.15) is 5.26 Å². The van der Waals surface area contributed by atoms with Crippen molar-refractivity contribution < 1.29 is 0 Å².